The summed E-state index contributed by atoms with van der Waals surface area (Å²) >= 11 is 0. The van der Waals surface area contributed by atoms with E-state index >= 15 is 0 Å². The van der Waals surface area contributed by atoms with Crippen LogP contribution in [0.4, 0.5) is 0 Å². The van der Waals surface area contributed by atoms with Crippen molar-refractivity contribution in [1.29, 1.82) is 0 Å². The van der Waals surface area contributed by atoms with Gasteiger partial charge in [0.15, 0.2) is 17.3 Å². The highest BCUT2D eigenvalue weighted by molar-refractivity contribution is 6.03. The van der Waals surface area contributed by atoms with E-state index in [0.717, 1.165) is 43.0 Å². The van der Waals surface area contributed by atoms with Crippen molar-refractivity contribution in [3.63, 3.8) is 0 Å². The van der Waals surface area contributed by atoms with Crippen molar-refractivity contribution >= 4 is 5.78 Å². The maximum atomic E-state index is 13.0. The maximum absolute atomic E-state index is 13.0. The molecule has 1 aliphatic carbocycles. The van der Waals surface area contributed by atoms with E-state index in [1.165, 1.54) is 5.56 Å². The summed E-state index contributed by atoms with van der Waals surface area (Å²) in [6.07, 6.45) is 3.96. The summed E-state index contributed by atoms with van der Waals surface area (Å²) in [6, 6.07) is 4.05. The highest BCUT2D eigenvalue weighted by Crippen LogP contribution is 2.49. The lowest BCUT2D eigenvalue weighted by atomic mass is 9.80. The Morgan fingerprint density at radius 1 is 1.33 bits per heavy atom. The second-order valence-corrected chi connectivity index (χ2v) is 6.88. The number of ketones is 1. The molecule has 0 fully saturated rings. The van der Waals surface area contributed by atoms with Gasteiger partial charge in [0.2, 0.25) is 12.6 Å². The summed E-state index contributed by atoms with van der Waals surface area (Å²) < 4.78 is 16.5. The van der Waals surface area contributed by atoms with Gasteiger partial charge in [0, 0.05) is 6.54 Å². The maximum Gasteiger partial charge on any atom is 0.231 e. The van der Waals surface area contributed by atoms with Gasteiger partial charge in [-0.05, 0) is 55.6 Å². The van der Waals surface area contributed by atoms with Crippen LogP contribution < -0.4 is 9.47 Å². The predicted octanol–water partition coefficient (Wildman–Crippen LogP) is 2.64. The smallest absolute Gasteiger partial charge is 0.231 e. The van der Waals surface area contributed by atoms with E-state index in [1.807, 2.05) is 18.2 Å². The van der Waals surface area contributed by atoms with Crippen LogP contribution >= 0.6 is 0 Å². The number of hydrogen-bond donors (Lipinski definition) is 0. The second kappa shape index (κ2) is 5.52. The average Bonchev–Trinajstić information content (AvgIpc) is 3.09. The number of carbonyl (C=O) groups is 1. The summed E-state index contributed by atoms with van der Waals surface area (Å²) in [5.74, 6) is 1.78. The van der Waals surface area contributed by atoms with Gasteiger partial charge in [-0.25, -0.2) is 0 Å². The molecule has 4 rings (SSSR count). The number of fused-ring (bicyclic) bond motifs is 4. The molecule has 0 saturated carbocycles. The molecule has 5 nitrogen and oxygen atoms in total. The summed E-state index contributed by atoms with van der Waals surface area (Å²) in [6.45, 7) is 6.43. The first-order chi connectivity index (χ1) is 11.6. The van der Waals surface area contributed by atoms with Gasteiger partial charge in [-0.1, -0.05) is 6.92 Å². The fourth-order valence-electron chi connectivity index (χ4n) is 4.32. The molecule has 1 aromatic carbocycles. The number of rotatable bonds is 3. The van der Waals surface area contributed by atoms with E-state index in [9.17, 15) is 4.79 Å². The van der Waals surface area contributed by atoms with E-state index in [-0.39, 0.29) is 24.0 Å². The Hall–Kier alpha value is -2.01. The Labute approximate surface area is 142 Å². The van der Waals surface area contributed by atoms with E-state index in [2.05, 4.69) is 18.7 Å². The van der Waals surface area contributed by atoms with Crippen molar-refractivity contribution in [2.45, 2.75) is 38.1 Å². The van der Waals surface area contributed by atoms with Gasteiger partial charge < -0.3 is 14.2 Å². The van der Waals surface area contributed by atoms with Gasteiger partial charge in [-0.3, -0.25) is 9.69 Å². The molecule has 0 N–H and O–H groups in total. The van der Waals surface area contributed by atoms with E-state index in [0.29, 0.717) is 5.76 Å². The molecule has 1 aromatic rings. The molecule has 0 radical (unpaired) electrons. The Kier molecular flexibility index (Phi) is 3.57. The van der Waals surface area contributed by atoms with Gasteiger partial charge >= 0.3 is 0 Å². The average molecular weight is 329 g/mol. The van der Waals surface area contributed by atoms with Gasteiger partial charge in [-0.15, -0.1) is 0 Å². The topological polar surface area (TPSA) is 48.0 Å². The Morgan fingerprint density at radius 3 is 2.79 bits per heavy atom. The molecule has 0 spiro atoms. The standard InChI is InChI=1S/C19H23NO4/c1-4-6-20-7-5-12-8-14-15(24-11-23-14)9-13(12)17-18(21)16(22-3)10-19(17,20)2/h8-10,17H,4-7,11H2,1-3H3/t17-,19+/m1/s1. The van der Waals surface area contributed by atoms with Crippen LogP contribution in [0.15, 0.2) is 24.0 Å². The Morgan fingerprint density at radius 2 is 2.08 bits per heavy atom. The minimum atomic E-state index is -0.364. The fourth-order valence-corrected chi connectivity index (χ4v) is 4.32. The molecule has 5 heteroatoms. The lowest BCUT2D eigenvalue weighted by Crippen LogP contribution is -2.48. The van der Waals surface area contributed by atoms with Crippen LogP contribution in [0.5, 0.6) is 11.5 Å². The number of carbonyl (C=O) groups excluding carboxylic acids is 1. The van der Waals surface area contributed by atoms with Crippen LogP contribution in [-0.4, -0.2) is 43.2 Å². The zero-order chi connectivity index (χ0) is 16.9. The highest BCUT2D eigenvalue weighted by atomic mass is 16.7. The lowest BCUT2D eigenvalue weighted by molar-refractivity contribution is -0.120. The number of Topliss-reactive ketones (excluding diaryl/α,β-unsaturated/α-hetero) is 1. The molecule has 0 aromatic heterocycles. The van der Waals surface area contributed by atoms with Crippen molar-refractivity contribution in [1.82, 2.24) is 4.90 Å². The fraction of sp³-hybridized carbons (Fsp3) is 0.526. The molecule has 0 amide bonds. The van der Waals surface area contributed by atoms with E-state index < -0.39 is 0 Å². The number of hydrogen-bond acceptors (Lipinski definition) is 5. The third kappa shape index (κ3) is 2.07. The minimum Gasteiger partial charge on any atom is -0.493 e. The van der Waals surface area contributed by atoms with Crippen molar-refractivity contribution in [2.75, 3.05) is 27.0 Å². The quantitative estimate of drug-likeness (QED) is 0.853. The molecule has 128 valence electrons. The van der Waals surface area contributed by atoms with Crippen LogP contribution in [-0.2, 0) is 16.0 Å². The molecule has 0 bridgehead atoms. The summed E-state index contributed by atoms with van der Waals surface area (Å²) in [4.78, 5) is 15.5. The molecular formula is C19H23NO4. The molecule has 2 heterocycles. The molecule has 2 atom stereocenters. The van der Waals surface area contributed by atoms with Crippen LogP contribution in [0.2, 0.25) is 0 Å². The van der Waals surface area contributed by atoms with Crippen molar-refractivity contribution < 1.29 is 19.0 Å². The number of nitrogens with zero attached hydrogens (tertiary/aromatic N) is 1. The molecule has 3 aliphatic rings. The van der Waals surface area contributed by atoms with Crippen LogP contribution in [0.25, 0.3) is 0 Å². The molecule has 0 unspecified atom stereocenters. The second-order valence-electron chi connectivity index (χ2n) is 6.88. The van der Waals surface area contributed by atoms with Gasteiger partial charge in [0.1, 0.15) is 0 Å². The first-order valence-electron chi connectivity index (χ1n) is 8.57. The SMILES string of the molecule is CCCN1CCc2cc3c(cc2[C@@H]2C(=O)C(OC)=C[C@@]21C)OCO3. The number of methoxy groups -OCH3 is 1. The monoisotopic (exact) mass is 329 g/mol. The van der Waals surface area contributed by atoms with Gasteiger partial charge in [0.05, 0.1) is 18.6 Å². The molecule has 0 saturated heterocycles. The Balaban J connectivity index is 1.87. The van der Waals surface area contributed by atoms with Crippen LogP contribution in [0, 0.1) is 0 Å². The third-order valence-corrected chi connectivity index (χ3v) is 5.50. The number of ether oxygens (including phenoxy) is 3. The van der Waals surface area contributed by atoms with Crippen LogP contribution in [0.1, 0.15) is 37.3 Å². The molecule has 2 aliphatic heterocycles. The number of benzene rings is 1. The van der Waals surface area contributed by atoms with Crippen molar-refractivity contribution in [3.05, 3.63) is 35.1 Å². The van der Waals surface area contributed by atoms with Gasteiger partial charge in [0.25, 0.3) is 0 Å². The first-order valence-corrected chi connectivity index (χ1v) is 8.57. The summed E-state index contributed by atoms with van der Waals surface area (Å²) in [5.41, 5.74) is 1.86. The van der Waals surface area contributed by atoms with E-state index in [1.54, 1.807) is 7.11 Å². The normalized spacial score (nSPS) is 28.2. The zero-order valence-electron chi connectivity index (χ0n) is 14.4. The summed E-state index contributed by atoms with van der Waals surface area (Å²) in [7, 11) is 1.57. The summed E-state index contributed by atoms with van der Waals surface area (Å²) in [5, 5.41) is 0. The zero-order valence-corrected chi connectivity index (χ0v) is 14.4. The lowest BCUT2D eigenvalue weighted by Gasteiger charge is -2.39. The number of allylic oxidation sites excluding steroid dienone is 1. The largest absolute Gasteiger partial charge is 0.493 e. The van der Waals surface area contributed by atoms with E-state index in [4.69, 9.17) is 14.2 Å². The van der Waals surface area contributed by atoms with Crippen LogP contribution in [0.3, 0.4) is 0 Å². The third-order valence-electron chi connectivity index (χ3n) is 5.50. The predicted molar refractivity (Wildman–Crippen MR) is 89.4 cm³/mol. The molecular weight excluding hydrogens is 306 g/mol. The first kappa shape index (κ1) is 15.5. The Bertz CT molecular complexity index is 726. The molecule has 24 heavy (non-hydrogen) atoms. The van der Waals surface area contributed by atoms with Gasteiger partial charge in [-0.2, -0.15) is 0 Å². The van der Waals surface area contributed by atoms with Crippen molar-refractivity contribution in [3.8, 4) is 11.5 Å². The van der Waals surface area contributed by atoms with Crippen molar-refractivity contribution in [2.24, 2.45) is 0 Å². The highest BCUT2D eigenvalue weighted by Gasteiger charge is 2.51. The minimum absolute atomic E-state index is 0.0584.